The summed E-state index contributed by atoms with van der Waals surface area (Å²) in [5.74, 6) is 0.826. The molecule has 1 rings (SSSR count). The number of benzene rings is 1. The molecule has 0 aliphatic carbocycles. The van der Waals surface area contributed by atoms with Gasteiger partial charge in [-0.15, -0.1) is 11.8 Å². The van der Waals surface area contributed by atoms with Crippen molar-refractivity contribution in [1.29, 1.82) is 0 Å². The number of nitrogens with one attached hydrogen (secondary N) is 1. The second-order valence-electron chi connectivity index (χ2n) is 5.93. The Morgan fingerprint density at radius 1 is 1.30 bits per heavy atom. The monoisotopic (exact) mass is 295 g/mol. The highest BCUT2D eigenvalue weighted by Crippen LogP contribution is 2.21. The van der Waals surface area contributed by atoms with Gasteiger partial charge in [0.1, 0.15) is 0 Å². The first-order chi connectivity index (χ1) is 9.39. The van der Waals surface area contributed by atoms with Crippen LogP contribution in [0.3, 0.4) is 0 Å². The van der Waals surface area contributed by atoms with Gasteiger partial charge in [0.25, 0.3) is 0 Å². The van der Waals surface area contributed by atoms with Crippen LogP contribution in [0.1, 0.15) is 33.6 Å². The molecule has 0 spiro atoms. The Hall–Kier alpha value is -1.00. The first-order valence-corrected chi connectivity index (χ1v) is 8.01. The van der Waals surface area contributed by atoms with Gasteiger partial charge in [0.15, 0.2) is 0 Å². The molecule has 3 nitrogen and oxygen atoms in total. The average molecular weight is 295 g/mol. The van der Waals surface area contributed by atoms with E-state index < -0.39 is 0 Å². The summed E-state index contributed by atoms with van der Waals surface area (Å²) in [4.78, 5) is 12.8. The van der Waals surface area contributed by atoms with Crippen LogP contribution in [0.2, 0.25) is 0 Å². The Labute approximate surface area is 126 Å². The van der Waals surface area contributed by atoms with Crippen molar-refractivity contribution in [3.05, 3.63) is 30.3 Å². The van der Waals surface area contributed by atoms with E-state index in [4.69, 9.17) is 0 Å². The van der Waals surface area contributed by atoms with E-state index >= 15 is 0 Å². The van der Waals surface area contributed by atoms with E-state index in [1.165, 1.54) is 4.90 Å². The van der Waals surface area contributed by atoms with Crippen molar-refractivity contribution in [2.45, 2.75) is 44.6 Å². The lowest BCUT2D eigenvalue weighted by Crippen LogP contribution is -2.32. The van der Waals surface area contributed by atoms with Crippen LogP contribution in [0.5, 0.6) is 0 Å². The molecular formula is C16H25NO2S. The van der Waals surface area contributed by atoms with Crippen molar-refractivity contribution in [3.63, 3.8) is 0 Å². The third-order valence-electron chi connectivity index (χ3n) is 3.08. The molecule has 0 aromatic heterocycles. The lowest BCUT2D eigenvalue weighted by Gasteiger charge is -2.25. The largest absolute Gasteiger partial charge is 0.393 e. The summed E-state index contributed by atoms with van der Waals surface area (Å²) in [5, 5.41) is 12.7. The molecule has 0 heterocycles. The van der Waals surface area contributed by atoms with E-state index in [2.05, 4.69) is 5.32 Å². The van der Waals surface area contributed by atoms with E-state index in [0.717, 1.165) is 5.75 Å². The third kappa shape index (κ3) is 6.96. The summed E-state index contributed by atoms with van der Waals surface area (Å²) in [6.45, 7) is 6.52. The molecule has 0 saturated carbocycles. The highest BCUT2D eigenvalue weighted by atomic mass is 32.2. The Morgan fingerprint density at radius 2 is 1.95 bits per heavy atom. The number of aliphatic hydroxyl groups is 1. The number of thioether (sulfide) groups is 1. The summed E-state index contributed by atoms with van der Waals surface area (Å²) in [6.07, 6.45) is 0.716. The van der Waals surface area contributed by atoms with Crippen LogP contribution in [0.4, 0.5) is 0 Å². The van der Waals surface area contributed by atoms with Crippen molar-refractivity contribution in [2.75, 3.05) is 12.3 Å². The normalized spacial score (nSPS) is 13.0. The van der Waals surface area contributed by atoms with E-state index in [9.17, 15) is 9.90 Å². The van der Waals surface area contributed by atoms with Crippen LogP contribution in [0.25, 0.3) is 0 Å². The minimum Gasteiger partial charge on any atom is -0.393 e. The summed E-state index contributed by atoms with van der Waals surface area (Å²) in [6, 6.07) is 10.1. The highest BCUT2D eigenvalue weighted by Gasteiger charge is 2.21. The quantitative estimate of drug-likeness (QED) is 0.760. The van der Waals surface area contributed by atoms with Crippen molar-refractivity contribution in [2.24, 2.45) is 5.41 Å². The van der Waals surface area contributed by atoms with Crippen molar-refractivity contribution < 1.29 is 9.90 Å². The van der Waals surface area contributed by atoms with Gasteiger partial charge >= 0.3 is 0 Å². The van der Waals surface area contributed by atoms with Crippen LogP contribution in [-0.4, -0.2) is 29.4 Å². The highest BCUT2D eigenvalue weighted by molar-refractivity contribution is 7.99. The van der Waals surface area contributed by atoms with Crippen LogP contribution in [0.15, 0.2) is 35.2 Å². The smallest absolute Gasteiger partial charge is 0.220 e. The summed E-state index contributed by atoms with van der Waals surface area (Å²) >= 11 is 1.68. The summed E-state index contributed by atoms with van der Waals surface area (Å²) in [5.41, 5.74) is -0.131. The molecule has 0 aliphatic rings. The topological polar surface area (TPSA) is 49.3 Å². The zero-order chi connectivity index (χ0) is 15.0. The molecule has 1 unspecified atom stereocenters. The predicted molar refractivity (Wildman–Crippen MR) is 84.9 cm³/mol. The molecule has 0 saturated heterocycles. The second kappa shape index (κ2) is 8.32. The van der Waals surface area contributed by atoms with Gasteiger partial charge in [0, 0.05) is 23.6 Å². The first kappa shape index (κ1) is 17.1. The second-order valence-corrected chi connectivity index (χ2v) is 7.10. The Bertz CT molecular complexity index is 401. The molecule has 2 N–H and O–H groups in total. The molecule has 1 aromatic rings. The zero-order valence-electron chi connectivity index (χ0n) is 12.6. The summed E-state index contributed by atoms with van der Waals surface area (Å²) in [7, 11) is 0. The maximum Gasteiger partial charge on any atom is 0.220 e. The number of hydrogen-bond donors (Lipinski definition) is 2. The number of rotatable bonds is 7. The molecule has 0 aliphatic heterocycles. The SMILES string of the molecule is CC(C)(C)C(O)CCNC(=O)CCSc1ccccc1. The minimum absolute atomic E-state index is 0.0505. The van der Waals surface area contributed by atoms with Gasteiger partial charge < -0.3 is 10.4 Å². The third-order valence-corrected chi connectivity index (χ3v) is 4.09. The average Bonchev–Trinajstić information content (AvgIpc) is 2.38. The van der Waals surface area contributed by atoms with Crippen LogP contribution in [-0.2, 0) is 4.79 Å². The first-order valence-electron chi connectivity index (χ1n) is 7.02. The molecular weight excluding hydrogens is 270 g/mol. The van der Waals surface area contributed by atoms with Crippen molar-refractivity contribution in [3.8, 4) is 0 Å². The van der Waals surface area contributed by atoms with E-state index in [1.807, 2.05) is 51.1 Å². The van der Waals surface area contributed by atoms with Gasteiger partial charge in [0.2, 0.25) is 5.91 Å². The maximum absolute atomic E-state index is 11.7. The molecule has 1 aromatic carbocycles. The van der Waals surface area contributed by atoms with Crippen LogP contribution in [0, 0.1) is 5.41 Å². The Kier molecular flexibility index (Phi) is 7.10. The fourth-order valence-electron chi connectivity index (χ4n) is 1.65. The number of amides is 1. The number of aliphatic hydroxyl groups excluding tert-OH is 1. The predicted octanol–water partition coefficient (Wildman–Crippen LogP) is 3.08. The number of carbonyl (C=O) groups excluding carboxylic acids is 1. The Balaban J connectivity index is 2.12. The van der Waals surface area contributed by atoms with E-state index in [-0.39, 0.29) is 17.4 Å². The van der Waals surface area contributed by atoms with E-state index in [1.54, 1.807) is 11.8 Å². The van der Waals surface area contributed by atoms with Gasteiger partial charge in [0.05, 0.1) is 6.10 Å². The van der Waals surface area contributed by atoms with Crippen molar-refractivity contribution in [1.82, 2.24) is 5.32 Å². The van der Waals surface area contributed by atoms with Gasteiger partial charge in [-0.1, -0.05) is 39.0 Å². The van der Waals surface area contributed by atoms with Gasteiger partial charge in [-0.05, 0) is 24.0 Å². The molecule has 20 heavy (non-hydrogen) atoms. The number of carbonyl (C=O) groups is 1. The minimum atomic E-state index is -0.388. The fourth-order valence-corrected chi connectivity index (χ4v) is 2.52. The van der Waals surface area contributed by atoms with Gasteiger partial charge in [-0.25, -0.2) is 0 Å². The molecule has 0 fully saturated rings. The van der Waals surface area contributed by atoms with Crippen LogP contribution >= 0.6 is 11.8 Å². The van der Waals surface area contributed by atoms with Gasteiger partial charge in [-0.2, -0.15) is 0 Å². The zero-order valence-corrected chi connectivity index (χ0v) is 13.4. The lowest BCUT2D eigenvalue weighted by atomic mass is 9.87. The molecule has 1 amide bonds. The molecule has 0 radical (unpaired) electrons. The lowest BCUT2D eigenvalue weighted by molar-refractivity contribution is -0.120. The summed E-state index contributed by atoms with van der Waals surface area (Å²) < 4.78 is 0. The molecule has 112 valence electrons. The molecule has 1 atom stereocenters. The van der Waals surface area contributed by atoms with Crippen LogP contribution < -0.4 is 5.32 Å². The molecule has 0 bridgehead atoms. The Morgan fingerprint density at radius 3 is 2.55 bits per heavy atom. The van der Waals surface area contributed by atoms with Gasteiger partial charge in [-0.3, -0.25) is 4.79 Å². The fraction of sp³-hybridized carbons (Fsp3) is 0.562. The van der Waals surface area contributed by atoms with Crippen molar-refractivity contribution >= 4 is 17.7 Å². The van der Waals surface area contributed by atoms with E-state index in [0.29, 0.717) is 19.4 Å². The maximum atomic E-state index is 11.7. The standard InChI is InChI=1S/C16H25NO2S/c1-16(2,3)14(18)9-11-17-15(19)10-12-20-13-7-5-4-6-8-13/h4-8,14,18H,9-12H2,1-3H3,(H,17,19). The molecule has 4 heteroatoms. The number of hydrogen-bond acceptors (Lipinski definition) is 3.